The van der Waals surface area contributed by atoms with Gasteiger partial charge in [0.15, 0.2) is 0 Å². The van der Waals surface area contributed by atoms with E-state index in [2.05, 4.69) is 17.1 Å². The van der Waals surface area contributed by atoms with Crippen LogP contribution in [0, 0.1) is 5.41 Å². The first-order chi connectivity index (χ1) is 7.68. The minimum absolute atomic E-state index is 0.168. The van der Waals surface area contributed by atoms with Crippen molar-refractivity contribution < 1.29 is 4.79 Å². The maximum Gasteiger partial charge on any atom is 0.227 e. The summed E-state index contributed by atoms with van der Waals surface area (Å²) in [6.07, 6.45) is 4.52. The minimum Gasteiger partial charge on any atom is -0.354 e. The van der Waals surface area contributed by atoms with Crippen LogP contribution in [0.3, 0.4) is 0 Å². The minimum atomic E-state index is -0.204. The van der Waals surface area contributed by atoms with E-state index in [1.54, 1.807) is 0 Å². The van der Waals surface area contributed by atoms with Crippen LogP contribution < -0.4 is 11.1 Å². The topological polar surface area (TPSA) is 58.4 Å². The number of amides is 1. The number of likely N-dealkylation sites (tertiary alicyclic amines) is 1. The van der Waals surface area contributed by atoms with Gasteiger partial charge in [-0.05, 0) is 45.7 Å². The average molecular weight is 225 g/mol. The van der Waals surface area contributed by atoms with E-state index in [4.69, 9.17) is 5.73 Å². The van der Waals surface area contributed by atoms with Crippen LogP contribution >= 0.6 is 0 Å². The summed E-state index contributed by atoms with van der Waals surface area (Å²) in [6.45, 7) is 5.81. The molecule has 1 heterocycles. The van der Waals surface area contributed by atoms with Crippen LogP contribution in [0.4, 0.5) is 0 Å². The SMILES string of the molecule is CC(CNC(=O)C1(CN)CC1)N1CCCC1. The van der Waals surface area contributed by atoms with Crippen LogP contribution in [-0.2, 0) is 4.79 Å². The number of carbonyl (C=O) groups is 1. The lowest BCUT2D eigenvalue weighted by atomic mass is 10.1. The van der Waals surface area contributed by atoms with Crippen LogP contribution in [0.2, 0.25) is 0 Å². The summed E-state index contributed by atoms with van der Waals surface area (Å²) in [5.74, 6) is 0.168. The third-order valence-electron chi connectivity index (χ3n) is 4.05. The molecule has 1 aliphatic carbocycles. The van der Waals surface area contributed by atoms with Crippen molar-refractivity contribution in [1.82, 2.24) is 10.2 Å². The second kappa shape index (κ2) is 4.72. The molecular formula is C12H23N3O. The van der Waals surface area contributed by atoms with Gasteiger partial charge in [-0.1, -0.05) is 0 Å². The van der Waals surface area contributed by atoms with E-state index in [1.165, 1.54) is 25.9 Å². The van der Waals surface area contributed by atoms with E-state index in [9.17, 15) is 4.79 Å². The predicted octanol–water partition coefficient (Wildman–Crippen LogP) is 0.326. The second-order valence-electron chi connectivity index (χ2n) is 5.29. The fraction of sp³-hybridized carbons (Fsp3) is 0.917. The molecule has 0 aromatic carbocycles. The number of nitrogens with two attached hydrogens (primary N) is 1. The van der Waals surface area contributed by atoms with Crippen molar-refractivity contribution in [2.75, 3.05) is 26.2 Å². The third kappa shape index (κ3) is 2.38. The second-order valence-corrected chi connectivity index (χ2v) is 5.29. The Morgan fingerprint density at radius 1 is 1.44 bits per heavy atom. The lowest BCUT2D eigenvalue weighted by Crippen LogP contribution is -2.44. The number of carbonyl (C=O) groups excluding carboxylic acids is 1. The van der Waals surface area contributed by atoms with E-state index in [0.29, 0.717) is 12.6 Å². The first-order valence-electron chi connectivity index (χ1n) is 6.40. The molecule has 3 N–H and O–H groups in total. The smallest absolute Gasteiger partial charge is 0.227 e. The van der Waals surface area contributed by atoms with Crippen LogP contribution in [0.1, 0.15) is 32.6 Å². The monoisotopic (exact) mass is 225 g/mol. The summed E-state index contributed by atoms with van der Waals surface area (Å²) in [4.78, 5) is 14.3. The Kier molecular flexibility index (Phi) is 3.50. The molecule has 4 heteroatoms. The molecule has 2 fully saturated rings. The highest BCUT2D eigenvalue weighted by molar-refractivity contribution is 5.85. The first kappa shape index (κ1) is 11.9. The Labute approximate surface area is 97.6 Å². The van der Waals surface area contributed by atoms with Gasteiger partial charge in [0.2, 0.25) is 5.91 Å². The zero-order valence-corrected chi connectivity index (χ0v) is 10.2. The predicted molar refractivity (Wildman–Crippen MR) is 64.0 cm³/mol. The van der Waals surface area contributed by atoms with Crippen LogP contribution in [0.15, 0.2) is 0 Å². The summed E-state index contributed by atoms with van der Waals surface area (Å²) >= 11 is 0. The zero-order chi connectivity index (χ0) is 11.6. The highest BCUT2D eigenvalue weighted by atomic mass is 16.2. The van der Waals surface area contributed by atoms with Gasteiger partial charge < -0.3 is 11.1 Å². The molecule has 92 valence electrons. The maximum absolute atomic E-state index is 11.9. The Balaban J connectivity index is 1.72. The van der Waals surface area contributed by atoms with Crippen molar-refractivity contribution >= 4 is 5.91 Å². The van der Waals surface area contributed by atoms with Gasteiger partial charge in [0.25, 0.3) is 0 Å². The Morgan fingerprint density at radius 3 is 2.56 bits per heavy atom. The molecule has 4 nitrogen and oxygen atoms in total. The number of hydrogen-bond donors (Lipinski definition) is 2. The molecule has 1 saturated heterocycles. The highest BCUT2D eigenvalue weighted by Crippen LogP contribution is 2.44. The van der Waals surface area contributed by atoms with Crippen molar-refractivity contribution in [3.8, 4) is 0 Å². The fourth-order valence-corrected chi connectivity index (χ4v) is 2.41. The lowest BCUT2D eigenvalue weighted by molar-refractivity contribution is -0.126. The van der Waals surface area contributed by atoms with Crippen molar-refractivity contribution in [2.24, 2.45) is 11.1 Å². The van der Waals surface area contributed by atoms with Crippen LogP contribution in [0.25, 0.3) is 0 Å². The summed E-state index contributed by atoms with van der Waals surface area (Å²) in [5.41, 5.74) is 5.42. The molecule has 1 atom stereocenters. The molecule has 16 heavy (non-hydrogen) atoms. The summed E-state index contributed by atoms with van der Waals surface area (Å²) < 4.78 is 0. The molecule has 0 radical (unpaired) electrons. The molecule has 1 amide bonds. The van der Waals surface area contributed by atoms with E-state index in [-0.39, 0.29) is 11.3 Å². The molecule has 0 bridgehead atoms. The molecule has 1 aliphatic heterocycles. The Hall–Kier alpha value is -0.610. The average Bonchev–Trinajstić information content (AvgIpc) is 2.91. The normalized spacial score (nSPS) is 25.4. The summed E-state index contributed by atoms with van der Waals surface area (Å²) in [5, 5.41) is 3.05. The molecule has 1 unspecified atom stereocenters. The van der Waals surface area contributed by atoms with Crippen LogP contribution in [0.5, 0.6) is 0 Å². The number of nitrogens with one attached hydrogen (secondary N) is 1. The zero-order valence-electron chi connectivity index (χ0n) is 10.2. The Morgan fingerprint density at radius 2 is 2.06 bits per heavy atom. The third-order valence-corrected chi connectivity index (χ3v) is 4.05. The van der Waals surface area contributed by atoms with E-state index in [1.807, 2.05) is 0 Å². The quantitative estimate of drug-likeness (QED) is 0.709. The van der Waals surface area contributed by atoms with Gasteiger partial charge in [-0.15, -0.1) is 0 Å². The molecule has 0 aromatic heterocycles. The standard InChI is InChI=1S/C12H23N3O/c1-10(15-6-2-3-7-15)8-14-11(16)12(9-13)4-5-12/h10H,2-9,13H2,1H3,(H,14,16). The van der Waals surface area contributed by atoms with Crippen molar-refractivity contribution in [2.45, 2.75) is 38.6 Å². The van der Waals surface area contributed by atoms with Gasteiger partial charge in [0.05, 0.1) is 5.41 Å². The van der Waals surface area contributed by atoms with E-state index in [0.717, 1.165) is 19.4 Å². The first-order valence-corrected chi connectivity index (χ1v) is 6.40. The lowest BCUT2D eigenvalue weighted by Gasteiger charge is -2.24. The maximum atomic E-state index is 11.9. The number of hydrogen-bond acceptors (Lipinski definition) is 3. The molecule has 0 aromatic rings. The highest BCUT2D eigenvalue weighted by Gasteiger charge is 2.48. The fourth-order valence-electron chi connectivity index (χ4n) is 2.41. The van der Waals surface area contributed by atoms with Gasteiger partial charge in [-0.25, -0.2) is 0 Å². The van der Waals surface area contributed by atoms with Crippen molar-refractivity contribution in [3.05, 3.63) is 0 Å². The molecule has 1 saturated carbocycles. The van der Waals surface area contributed by atoms with Crippen molar-refractivity contribution in [1.29, 1.82) is 0 Å². The van der Waals surface area contributed by atoms with Crippen molar-refractivity contribution in [3.63, 3.8) is 0 Å². The molecule has 2 aliphatic rings. The number of nitrogens with zero attached hydrogens (tertiary/aromatic N) is 1. The molecule has 2 rings (SSSR count). The largest absolute Gasteiger partial charge is 0.354 e. The summed E-state index contributed by atoms with van der Waals surface area (Å²) in [7, 11) is 0. The Bertz CT molecular complexity index is 257. The number of rotatable bonds is 5. The van der Waals surface area contributed by atoms with Gasteiger partial charge in [0, 0.05) is 19.1 Å². The van der Waals surface area contributed by atoms with Gasteiger partial charge >= 0.3 is 0 Å². The van der Waals surface area contributed by atoms with E-state index >= 15 is 0 Å². The van der Waals surface area contributed by atoms with Gasteiger partial charge in [0.1, 0.15) is 0 Å². The van der Waals surface area contributed by atoms with Gasteiger partial charge in [-0.3, -0.25) is 9.69 Å². The molecular weight excluding hydrogens is 202 g/mol. The molecule has 0 spiro atoms. The summed E-state index contributed by atoms with van der Waals surface area (Å²) in [6, 6.07) is 0.458. The van der Waals surface area contributed by atoms with Crippen LogP contribution in [-0.4, -0.2) is 43.0 Å². The van der Waals surface area contributed by atoms with E-state index < -0.39 is 0 Å². The van der Waals surface area contributed by atoms with Gasteiger partial charge in [-0.2, -0.15) is 0 Å².